The van der Waals surface area contributed by atoms with Crippen molar-refractivity contribution in [2.75, 3.05) is 7.11 Å². The van der Waals surface area contributed by atoms with E-state index in [1.807, 2.05) is 30.3 Å². The highest BCUT2D eigenvalue weighted by Crippen LogP contribution is 2.33. The second-order valence-corrected chi connectivity index (χ2v) is 5.32. The van der Waals surface area contributed by atoms with E-state index in [1.54, 1.807) is 12.1 Å². The van der Waals surface area contributed by atoms with E-state index in [4.69, 9.17) is 21.1 Å². The molecule has 2 aromatic rings. The number of benzene rings is 2. The van der Waals surface area contributed by atoms with E-state index < -0.39 is 5.97 Å². The summed E-state index contributed by atoms with van der Waals surface area (Å²) in [5, 5.41) is 0.246. The Balaban J connectivity index is 2.23. The van der Waals surface area contributed by atoms with Gasteiger partial charge in [-0.15, -0.1) is 0 Å². The summed E-state index contributed by atoms with van der Waals surface area (Å²) in [6.07, 6.45) is 0. The average Bonchev–Trinajstić information content (AvgIpc) is 2.48. The van der Waals surface area contributed by atoms with Crippen LogP contribution in [0.4, 0.5) is 0 Å². The maximum absolute atomic E-state index is 11.6. The van der Waals surface area contributed by atoms with E-state index in [0.29, 0.717) is 16.8 Å². The van der Waals surface area contributed by atoms with Gasteiger partial charge < -0.3 is 9.47 Å². The topological polar surface area (TPSA) is 35.5 Å². The van der Waals surface area contributed by atoms with E-state index in [9.17, 15) is 4.79 Å². The van der Waals surface area contributed by atoms with Crippen LogP contribution in [0.5, 0.6) is 5.75 Å². The lowest BCUT2D eigenvalue weighted by Crippen LogP contribution is -2.04. The first kappa shape index (κ1) is 14.9. The fourth-order valence-electron chi connectivity index (χ4n) is 1.66. The van der Waals surface area contributed by atoms with Crippen LogP contribution in [-0.2, 0) is 11.3 Å². The van der Waals surface area contributed by atoms with Crippen LogP contribution in [0.25, 0.3) is 0 Å². The fourth-order valence-corrected chi connectivity index (χ4v) is 2.34. The number of hydrogen-bond donors (Lipinski definition) is 0. The van der Waals surface area contributed by atoms with Gasteiger partial charge in [0, 0.05) is 4.47 Å². The smallest absolute Gasteiger partial charge is 0.339 e. The highest BCUT2D eigenvalue weighted by molar-refractivity contribution is 9.10. The molecule has 0 atom stereocenters. The van der Waals surface area contributed by atoms with Gasteiger partial charge in [-0.1, -0.05) is 57.9 Å². The first-order valence-corrected chi connectivity index (χ1v) is 7.03. The molecule has 5 heteroatoms. The highest BCUT2D eigenvalue weighted by Gasteiger charge is 2.16. The third kappa shape index (κ3) is 3.52. The van der Waals surface area contributed by atoms with Crippen LogP contribution < -0.4 is 4.74 Å². The molecule has 0 bridgehead atoms. The first-order valence-electron chi connectivity index (χ1n) is 5.86. The number of methoxy groups -OCH3 is 1. The summed E-state index contributed by atoms with van der Waals surface area (Å²) in [4.78, 5) is 11.6. The normalized spacial score (nSPS) is 10.2. The van der Waals surface area contributed by atoms with Crippen molar-refractivity contribution >= 4 is 33.5 Å². The van der Waals surface area contributed by atoms with Gasteiger partial charge in [-0.2, -0.15) is 0 Å². The van der Waals surface area contributed by atoms with Crippen LogP contribution in [0.2, 0.25) is 5.02 Å². The Kier molecular flexibility index (Phi) is 5.04. The van der Waals surface area contributed by atoms with Crippen molar-refractivity contribution in [3.63, 3.8) is 0 Å². The molecule has 0 heterocycles. The minimum atomic E-state index is -0.499. The molecule has 0 saturated carbocycles. The van der Waals surface area contributed by atoms with Crippen molar-refractivity contribution in [3.05, 3.63) is 63.1 Å². The summed E-state index contributed by atoms with van der Waals surface area (Å²) in [6.45, 7) is 0.373. The first-order chi connectivity index (χ1) is 9.61. The minimum absolute atomic E-state index is 0.246. The quantitative estimate of drug-likeness (QED) is 0.759. The molecular weight excluding hydrogens is 344 g/mol. The Morgan fingerprint density at radius 3 is 2.60 bits per heavy atom. The zero-order valence-corrected chi connectivity index (χ0v) is 13.1. The van der Waals surface area contributed by atoms with Gasteiger partial charge >= 0.3 is 5.97 Å². The molecule has 104 valence electrons. The van der Waals surface area contributed by atoms with E-state index in [2.05, 4.69) is 15.9 Å². The lowest BCUT2D eigenvalue weighted by molar-refractivity contribution is 0.0600. The van der Waals surface area contributed by atoms with Crippen LogP contribution in [0.15, 0.2) is 46.9 Å². The van der Waals surface area contributed by atoms with Crippen LogP contribution in [0, 0.1) is 0 Å². The number of esters is 1. The van der Waals surface area contributed by atoms with E-state index in [1.165, 1.54) is 7.11 Å². The van der Waals surface area contributed by atoms with Crippen molar-refractivity contribution in [3.8, 4) is 5.75 Å². The summed E-state index contributed by atoms with van der Waals surface area (Å²) >= 11 is 9.50. The van der Waals surface area contributed by atoms with Crippen molar-refractivity contribution in [1.82, 2.24) is 0 Å². The Bertz CT molecular complexity index is 614. The van der Waals surface area contributed by atoms with Gasteiger partial charge in [-0.05, 0) is 17.7 Å². The average molecular weight is 356 g/mol. The zero-order chi connectivity index (χ0) is 14.5. The molecule has 0 saturated heterocycles. The molecule has 0 fully saturated rings. The third-order valence-corrected chi connectivity index (χ3v) is 3.49. The maximum Gasteiger partial charge on any atom is 0.339 e. The zero-order valence-electron chi connectivity index (χ0n) is 10.7. The number of halogens is 2. The number of carbonyl (C=O) groups excluding carboxylic acids is 1. The van der Waals surface area contributed by atoms with Gasteiger partial charge in [-0.3, -0.25) is 0 Å². The molecule has 20 heavy (non-hydrogen) atoms. The molecule has 0 unspecified atom stereocenters. The molecular formula is C15H12BrClO3. The maximum atomic E-state index is 11.6. The van der Waals surface area contributed by atoms with Gasteiger partial charge in [0.2, 0.25) is 0 Å². The highest BCUT2D eigenvalue weighted by atomic mass is 79.9. The predicted molar refractivity (Wildman–Crippen MR) is 81.3 cm³/mol. The van der Waals surface area contributed by atoms with Crippen molar-refractivity contribution in [2.24, 2.45) is 0 Å². The minimum Gasteiger partial charge on any atom is -0.487 e. The molecule has 0 aromatic heterocycles. The molecule has 0 amide bonds. The monoisotopic (exact) mass is 354 g/mol. The summed E-state index contributed by atoms with van der Waals surface area (Å²) in [5.74, 6) is -0.0637. The van der Waals surface area contributed by atoms with Crippen LogP contribution >= 0.6 is 27.5 Å². The SMILES string of the molecule is COC(=O)c1cc(Br)cc(OCc2ccccc2)c1Cl. The molecule has 0 aliphatic rings. The Hall–Kier alpha value is -1.52. The standard InChI is InChI=1S/C15H12BrClO3/c1-19-15(18)12-7-11(16)8-13(14(12)17)20-9-10-5-3-2-4-6-10/h2-8H,9H2,1H3. The van der Waals surface area contributed by atoms with Crippen molar-refractivity contribution < 1.29 is 14.3 Å². The molecule has 0 aliphatic heterocycles. The van der Waals surface area contributed by atoms with E-state index >= 15 is 0 Å². The predicted octanol–water partition coefficient (Wildman–Crippen LogP) is 4.47. The van der Waals surface area contributed by atoms with Gasteiger partial charge in [0.05, 0.1) is 17.7 Å². The molecule has 0 aliphatic carbocycles. The van der Waals surface area contributed by atoms with Gasteiger partial charge in [-0.25, -0.2) is 4.79 Å². The summed E-state index contributed by atoms with van der Waals surface area (Å²) in [7, 11) is 1.31. The van der Waals surface area contributed by atoms with Crippen LogP contribution in [-0.4, -0.2) is 13.1 Å². The van der Waals surface area contributed by atoms with Crippen LogP contribution in [0.1, 0.15) is 15.9 Å². The van der Waals surface area contributed by atoms with E-state index in [0.717, 1.165) is 5.56 Å². The lowest BCUT2D eigenvalue weighted by Gasteiger charge is -2.11. The molecule has 3 nitrogen and oxygen atoms in total. The third-order valence-electron chi connectivity index (χ3n) is 2.65. The second-order valence-electron chi connectivity index (χ2n) is 4.03. The number of carbonyl (C=O) groups is 1. The molecule has 2 aromatic carbocycles. The lowest BCUT2D eigenvalue weighted by atomic mass is 10.2. The Morgan fingerprint density at radius 1 is 1.25 bits per heavy atom. The van der Waals surface area contributed by atoms with Crippen molar-refractivity contribution in [2.45, 2.75) is 6.61 Å². The fraction of sp³-hybridized carbons (Fsp3) is 0.133. The molecule has 0 spiro atoms. The van der Waals surface area contributed by atoms with Crippen molar-refractivity contribution in [1.29, 1.82) is 0 Å². The Morgan fingerprint density at radius 2 is 1.95 bits per heavy atom. The molecule has 0 N–H and O–H groups in total. The number of rotatable bonds is 4. The number of ether oxygens (including phenoxy) is 2. The largest absolute Gasteiger partial charge is 0.487 e. The van der Waals surface area contributed by atoms with Gasteiger partial charge in [0.25, 0.3) is 0 Å². The Labute approximate surface area is 130 Å². The summed E-state index contributed by atoms with van der Waals surface area (Å²) < 4.78 is 11.1. The summed E-state index contributed by atoms with van der Waals surface area (Å²) in [5.41, 5.74) is 1.29. The van der Waals surface area contributed by atoms with Gasteiger partial charge in [0.15, 0.2) is 0 Å². The van der Waals surface area contributed by atoms with Crippen LogP contribution in [0.3, 0.4) is 0 Å². The molecule has 2 rings (SSSR count). The number of hydrogen-bond acceptors (Lipinski definition) is 3. The van der Waals surface area contributed by atoms with Gasteiger partial charge in [0.1, 0.15) is 12.4 Å². The molecule has 0 radical (unpaired) electrons. The summed E-state index contributed by atoms with van der Waals surface area (Å²) in [6, 6.07) is 13.0. The second kappa shape index (κ2) is 6.77. The van der Waals surface area contributed by atoms with E-state index in [-0.39, 0.29) is 10.6 Å².